The van der Waals surface area contributed by atoms with E-state index in [9.17, 15) is 9.59 Å². The average molecular weight is 512 g/mol. The standard InChI is InChI=1S/C27H37N5O3S/c1-5-6-9-20(16-19-17-28-22-11-8-7-10-21(19)22)30-24(33)23-18-29-25(36-23)31-12-14-32(15-13-31)26(34)35-27(2,3)4/h7-8,10-11,17-18,20,28H,5-6,9,12-16H2,1-4H3,(H,30,33). The third-order valence-electron chi connectivity index (χ3n) is 6.30. The molecule has 2 aromatic heterocycles. The van der Waals surface area contributed by atoms with Crippen LogP contribution in [0.5, 0.6) is 0 Å². The normalized spacial score (nSPS) is 15.2. The molecule has 1 atom stereocenters. The zero-order valence-corrected chi connectivity index (χ0v) is 22.5. The van der Waals surface area contributed by atoms with Crippen molar-refractivity contribution in [2.75, 3.05) is 31.1 Å². The van der Waals surface area contributed by atoms with Crippen molar-refractivity contribution in [1.82, 2.24) is 20.2 Å². The number of piperazine rings is 1. The van der Waals surface area contributed by atoms with Crippen molar-refractivity contribution in [2.24, 2.45) is 0 Å². The third kappa shape index (κ3) is 6.57. The molecular formula is C27H37N5O3S. The number of para-hydroxylation sites is 1. The maximum atomic E-state index is 13.1. The van der Waals surface area contributed by atoms with Crippen LogP contribution in [0.25, 0.3) is 10.9 Å². The first-order valence-electron chi connectivity index (χ1n) is 12.8. The largest absolute Gasteiger partial charge is 0.444 e. The maximum absolute atomic E-state index is 13.1. The van der Waals surface area contributed by atoms with E-state index in [2.05, 4.69) is 45.4 Å². The number of aromatic amines is 1. The lowest BCUT2D eigenvalue weighted by Gasteiger charge is -2.35. The summed E-state index contributed by atoms with van der Waals surface area (Å²) in [6.07, 6.45) is 7.29. The van der Waals surface area contributed by atoms with Gasteiger partial charge in [-0.3, -0.25) is 4.79 Å². The predicted octanol–water partition coefficient (Wildman–Crippen LogP) is 5.21. The van der Waals surface area contributed by atoms with Gasteiger partial charge in [0.25, 0.3) is 5.91 Å². The number of hydrogen-bond donors (Lipinski definition) is 2. The Kier molecular flexibility index (Phi) is 8.18. The molecule has 1 saturated heterocycles. The molecule has 1 aliphatic rings. The molecule has 1 unspecified atom stereocenters. The molecule has 2 N–H and O–H groups in total. The van der Waals surface area contributed by atoms with Gasteiger partial charge in [0, 0.05) is 49.3 Å². The number of fused-ring (bicyclic) bond motifs is 1. The molecule has 3 aromatic rings. The van der Waals surface area contributed by atoms with Crippen molar-refractivity contribution in [3.05, 3.63) is 47.1 Å². The highest BCUT2D eigenvalue weighted by Crippen LogP contribution is 2.25. The van der Waals surface area contributed by atoms with E-state index in [-0.39, 0.29) is 18.0 Å². The number of ether oxygens (including phenoxy) is 1. The van der Waals surface area contributed by atoms with Crippen LogP contribution >= 0.6 is 11.3 Å². The van der Waals surface area contributed by atoms with Crippen molar-refractivity contribution in [1.29, 1.82) is 0 Å². The highest BCUT2D eigenvalue weighted by molar-refractivity contribution is 7.17. The van der Waals surface area contributed by atoms with Gasteiger partial charge in [-0.25, -0.2) is 9.78 Å². The Morgan fingerprint density at radius 2 is 1.94 bits per heavy atom. The number of thiazole rings is 1. The number of rotatable bonds is 8. The minimum Gasteiger partial charge on any atom is -0.444 e. The molecule has 1 fully saturated rings. The van der Waals surface area contributed by atoms with Crippen LogP contribution in [-0.2, 0) is 11.2 Å². The van der Waals surface area contributed by atoms with Crippen LogP contribution in [0, 0.1) is 0 Å². The van der Waals surface area contributed by atoms with Gasteiger partial charge >= 0.3 is 6.09 Å². The highest BCUT2D eigenvalue weighted by atomic mass is 32.1. The second-order valence-electron chi connectivity index (χ2n) is 10.3. The number of carbonyl (C=O) groups excluding carboxylic acids is 2. The molecular weight excluding hydrogens is 474 g/mol. The Morgan fingerprint density at radius 3 is 2.67 bits per heavy atom. The summed E-state index contributed by atoms with van der Waals surface area (Å²) in [5.74, 6) is -0.0768. The molecule has 0 spiro atoms. The van der Waals surface area contributed by atoms with Gasteiger partial charge in [0.2, 0.25) is 0 Å². The molecule has 8 nitrogen and oxygen atoms in total. The number of anilines is 1. The number of aromatic nitrogens is 2. The molecule has 9 heteroatoms. The van der Waals surface area contributed by atoms with E-state index < -0.39 is 5.60 Å². The monoisotopic (exact) mass is 511 g/mol. The summed E-state index contributed by atoms with van der Waals surface area (Å²) >= 11 is 1.41. The topological polar surface area (TPSA) is 90.6 Å². The lowest BCUT2D eigenvalue weighted by molar-refractivity contribution is 0.0240. The number of nitrogens with zero attached hydrogens (tertiary/aromatic N) is 3. The summed E-state index contributed by atoms with van der Waals surface area (Å²) in [6.45, 7) is 10.2. The summed E-state index contributed by atoms with van der Waals surface area (Å²) in [5.41, 5.74) is 1.83. The zero-order valence-electron chi connectivity index (χ0n) is 21.7. The second-order valence-corrected chi connectivity index (χ2v) is 11.3. The summed E-state index contributed by atoms with van der Waals surface area (Å²) < 4.78 is 5.48. The van der Waals surface area contributed by atoms with Crippen LogP contribution in [0.2, 0.25) is 0 Å². The molecule has 1 aromatic carbocycles. The van der Waals surface area contributed by atoms with E-state index in [1.165, 1.54) is 22.3 Å². The fourth-order valence-corrected chi connectivity index (χ4v) is 5.29. The summed E-state index contributed by atoms with van der Waals surface area (Å²) in [5, 5.41) is 5.28. The van der Waals surface area contributed by atoms with Gasteiger partial charge in [0.15, 0.2) is 5.13 Å². The van der Waals surface area contributed by atoms with Crippen LogP contribution in [-0.4, -0.2) is 64.7 Å². The molecule has 2 amide bonds. The maximum Gasteiger partial charge on any atom is 0.410 e. The van der Waals surface area contributed by atoms with Crippen molar-refractivity contribution >= 4 is 39.4 Å². The fraction of sp³-hybridized carbons (Fsp3) is 0.519. The SMILES string of the molecule is CCCCC(Cc1c[nH]c2ccccc12)NC(=O)c1cnc(N2CCN(C(=O)OC(C)(C)C)CC2)s1. The van der Waals surface area contributed by atoms with Crippen molar-refractivity contribution in [3.63, 3.8) is 0 Å². The van der Waals surface area contributed by atoms with E-state index in [4.69, 9.17) is 4.74 Å². The first-order valence-corrected chi connectivity index (χ1v) is 13.6. The van der Waals surface area contributed by atoms with Gasteiger partial charge < -0.3 is 24.8 Å². The highest BCUT2D eigenvalue weighted by Gasteiger charge is 2.27. The van der Waals surface area contributed by atoms with Gasteiger partial charge in [0.05, 0.1) is 6.20 Å². The number of hydrogen-bond acceptors (Lipinski definition) is 6. The van der Waals surface area contributed by atoms with Crippen LogP contribution in [0.3, 0.4) is 0 Å². The third-order valence-corrected chi connectivity index (χ3v) is 7.36. The molecule has 1 aliphatic heterocycles. The first kappa shape index (κ1) is 26.0. The number of benzene rings is 1. The Hall–Kier alpha value is -3.07. The quantitative estimate of drug-likeness (QED) is 0.433. The van der Waals surface area contributed by atoms with E-state index >= 15 is 0 Å². The second kappa shape index (κ2) is 11.3. The van der Waals surface area contributed by atoms with Crippen molar-refractivity contribution in [2.45, 2.75) is 65.0 Å². The summed E-state index contributed by atoms with van der Waals surface area (Å²) in [4.78, 5) is 37.8. The molecule has 194 valence electrons. The van der Waals surface area contributed by atoms with Crippen LogP contribution < -0.4 is 10.2 Å². The minimum atomic E-state index is -0.505. The molecule has 0 saturated carbocycles. The van der Waals surface area contributed by atoms with Crippen molar-refractivity contribution < 1.29 is 14.3 Å². The molecule has 4 rings (SSSR count). The minimum absolute atomic E-state index is 0.0552. The van der Waals surface area contributed by atoms with Crippen LogP contribution in [0.4, 0.5) is 9.93 Å². The Bertz CT molecular complexity index is 1170. The van der Waals surface area contributed by atoms with Gasteiger partial charge in [0.1, 0.15) is 10.5 Å². The fourth-order valence-electron chi connectivity index (χ4n) is 4.42. The number of H-pyrrole nitrogens is 1. The molecule has 36 heavy (non-hydrogen) atoms. The van der Waals surface area contributed by atoms with Crippen LogP contribution in [0.1, 0.15) is 62.2 Å². The Balaban J connectivity index is 1.35. The molecule has 0 bridgehead atoms. The van der Waals surface area contributed by atoms with E-state index in [1.54, 1.807) is 11.1 Å². The molecule has 0 aliphatic carbocycles. The van der Waals surface area contributed by atoms with Gasteiger partial charge in [-0.05, 0) is 45.2 Å². The van der Waals surface area contributed by atoms with Gasteiger partial charge in [-0.15, -0.1) is 0 Å². The summed E-state index contributed by atoms with van der Waals surface area (Å²) in [6, 6.07) is 8.32. The van der Waals surface area contributed by atoms with E-state index in [0.29, 0.717) is 31.1 Å². The van der Waals surface area contributed by atoms with Crippen molar-refractivity contribution in [3.8, 4) is 0 Å². The lowest BCUT2D eigenvalue weighted by Crippen LogP contribution is -2.50. The average Bonchev–Trinajstić information content (AvgIpc) is 3.50. The lowest BCUT2D eigenvalue weighted by atomic mass is 10.0. The predicted molar refractivity (Wildman–Crippen MR) is 145 cm³/mol. The van der Waals surface area contributed by atoms with Gasteiger partial charge in [-0.2, -0.15) is 0 Å². The van der Waals surface area contributed by atoms with Crippen LogP contribution in [0.15, 0.2) is 36.7 Å². The Labute approximate surface area is 217 Å². The smallest absolute Gasteiger partial charge is 0.410 e. The number of amides is 2. The number of carbonyl (C=O) groups is 2. The Morgan fingerprint density at radius 1 is 1.19 bits per heavy atom. The number of unbranched alkanes of at least 4 members (excludes halogenated alkanes) is 1. The molecule has 3 heterocycles. The first-order chi connectivity index (χ1) is 17.2. The van der Waals surface area contributed by atoms with E-state index in [1.807, 2.05) is 32.9 Å². The number of nitrogens with one attached hydrogen (secondary N) is 2. The van der Waals surface area contributed by atoms with E-state index in [0.717, 1.165) is 36.3 Å². The molecule has 0 radical (unpaired) electrons. The van der Waals surface area contributed by atoms with Gasteiger partial charge in [-0.1, -0.05) is 49.3 Å². The summed E-state index contributed by atoms with van der Waals surface area (Å²) in [7, 11) is 0. The zero-order chi connectivity index (χ0) is 25.7.